The standard InChI is InChI=1S/C17H24N4O2/c1-4-10-19-14-9-8-13(12-18)11-15(14)20-16(22)6-5-7-17(23)21(2)3/h8-9,11,19H,4-7,10H2,1-3H3,(H,20,22). The molecule has 1 aromatic rings. The molecule has 2 N–H and O–H groups in total. The Morgan fingerprint density at radius 2 is 1.96 bits per heavy atom. The molecule has 0 fully saturated rings. The second-order valence-corrected chi connectivity index (χ2v) is 5.49. The summed E-state index contributed by atoms with van der Waals surface area (Å²) in [5, 5.41) is 15.0. The number of rotatable bonds is 8. The fourth-order valence-electron chi connectivity index (χ4n) is 1.97. The van der Waals surface area contributed by atoms with Gasteiger partial charge in [-0.1, -0.05) is 6.92 Å². The Balaban J connectivity index is 2.65. The molecule has 0 aliphatic heterocycles. The van der Waals surface area contributed by atoms with Crippen LogP contribution in [0.5, 0.6) is 0 Å². The van der Waals surface area contributed by atoms with Crippen LogP contribution in [0.3, 0.4) is 0 Å². The second-order valence-electron chi connectivity index (χ2n) is 5.49. The van der Waals surface area contributed by atoms with Crippen LogP contribution >= 0.6 is 0 Å². The van der Waals surface area contributed by atoms with E-state index in [1.165, 1.54) is 4.90 Å². The minimum Gasteiger partial charge on any atom is -0.383 e. The first-order valence-electron chi connectivity index (χ1n) is 7.76. The number of hydrogen-bond donors (Lipinski definition) is 2. The van der Waals surface area contributed by atoms with Crippen LogP contribution in [0.4, 0.5) is 11.4 Å². The second kappa shape index (κ2) is 9.46. The zero-order valence-corrected chi connectivity index (χ0v) is 14.0. The predicted molar refractivity (Wildman–Crippen MR) is 91.1 cm³/mol. The van der Waals surface area contributed by atoms with Gasteiger partial charge in [0, 0.05) is 33.5 Å². The molecule has 1 rings (SSSR count). The summed E-state index contributed by atoms with van der Waals surface area (Å²) in [5.41, 5.74) is 1.88. The van der Waals surface area contributed by atoms with Crippen molar-refractivity contribution in [1.29, 1.82) is 5.26 Å². The van der Waals surface area contributed by atoms with Crippen molar-refractivity contribution in [3.63, 3.8) is 0 Å². The summed E-state index contributed by atoms with van der Waals surface area (Å²) in [6.07, 6.45) is 2.07. The lowest BCUT2D eigenvalue weighted by Crippen LogP contribution is -2.22. The largest absolute Gasteiger partial charge is 0.383 e. The van der Waals surface area contributed by atoms with E-state index in [0.29, 0.717) is 24.1 Å². The van der Waals surface area contributed by atoms with Gasteiger partial charge in [-0.25, -0.2) is 0 Å². The van der Waals surface area contributed by atoms with Gasteiger partial charge in [-0.2, -0.15) is 5.26 Å². The Morgan fingerprint density at radius 3 is 2.57 bits per heavy atom. The molecule has 6 heteroatoms. The van der Waals surface area contributed by atoms with Crippen LogP contribution in [-0.2, 0) is 9.59 Å². The number of nitriles is 1. The maximum atomic E-state index is 12.0. The molecule has 0 saturated heterocycles. The van der Waals surface area contributed by atoms with E-state index in [1.54, 1.807) is 32.3 Å². The summed E-state index contributed by atoms with van der Waals surface area (Å²) in [5.74, 6) is -0.152. The van der Waals surface area contributed by atoms with Crippen molar-refractivity contribution in [2.45, 2.75) is 32.6 Å². The number of carbonyl (C=O) groups excluding carboxylic acids is 2. The van der Waals surface area contributed by atoms with E-state index in [2.05, 4.69) is 23.6 Å². The van der Waals surface area contributed by atoms with Gasteiger partial charge in [0.25, 0.3) is 0 Å². The van der Waals surface area contributed by atoms with E-state index in [4.69, 9.17) is 5.26 Å². The van der Waals surface area contributed by atoms with E-state index < -0.39 is 0 Å². The van der Waals surface area contributed by atoms with Crippen LogP contribution in [0.25, 0.3) is 0 Å². The third-order valence-corrected chi connectivity index (χ3v) is 3.28. The number of amides is 2. The number of nitrogens with zero attached hydrogens (tertiary/aromatic N) is 2. The van der Waals surface area contributed by atoms with Gasteiger partial charge in [0.1, 0.15) is 0 Å². The van der Waals surface area contributed by atoms with Crippen LogP contribution in [0.15, 0.2) is 18.2 Å². The zero-order valence-electron chi connectivity index (χ0n) is 14.0. The molecule has 23 heavy (non-hydrogen) atoms. The number of carbonyl (C=O) groups is 2. The molecule has 0 heterocycles. The average Bonchev–Trinajstić information content (AvgIpc) is 2.53. The highest BCUT2D eigenvalue weighted by Gasteiger charge is 2.10. The van der Waals surface area contributed by atoms with Crippen molar-refractivity contribution in [3.05, 3.63) is 23.8 Å². The van der Waals surface area contributed by atoms with Gasteiger partial charge in [0.15, 0.2) is 0 Å². The predicted octanol–water partition coefficient (Wildman–Crippen LogP) is 2.58. The number of anilines is 2. The van der Waals surface area contributed by atoms with Gasteiger partial charge in [-0.15, -0.1) is 0 Å². The molecule has 0 aliphatic rings. The fraction of sp³-hybridized carbons (Fsp3) is 0.471. The molecule has 124 valence electrons. The van der Waals surface area contributed by atoms with Crippen LogP contribution in [0, 0.1) is 11.3 Å². The molecule has 0 aromatic heterocycles. The molecule has 1 aromatic carbocycles. The lowest BCUT2D eigenvalue weighted by Gasteiger charge is -2.13. The summed E-state index contributed by atoms with van der Waals surface area (Å²) in [6.45, 7) is 2.84. The third-order valence-electron chi connectivity index (χ3n) is 3.28. The van der Waals surface area contributed by atoms with Crippen molar-refractivity contribution >= 4 is 23.2 Å². The van der Waals surface area contributed by atoms with E-state index in [1.807, 2.05) is 0 Å². The highest BCUT2D eigenvalue weighted by Crippen LogP contribution is 2.23. The van der Waals surface area contributed by atoms with Crippen molar-refractivity contribution in [2.75, 3.05) is 31.3 Å². The van der Waals surface area contributed by atoms with E-state index in [-0.39, 0.29) is 18.2 Å². The minimum absolute atomic E-state index is 0.00887. The lowest BCUT2D eigenvalue weighted by molar-refractivity contribution is -0.128. The van der Waals surface area contributed by atoms with Crippen molar-refractivity contribution in [2.24, 2.45) is 0 Å². The molecular weight excluding hydrogens is 292 g/mol. The first-order valence-corrected chi connectivity index (χ1v) is 7.76. The average molecular weight is 316 g/mol. The van der Waals surface area contributed by atoms with Gasteiger partial charge in [-0.05, 0) is 31.0 Å². The van der Waals surface area contributed by atoms with Gasteiger partial charge >= 0.3 is 0 Å². The molecule has 0 aliphatic carbocycles. The Morgan fingerprint density at radius 1 is 1.22 bits per heavy atom. The summed E-state index contributed by atoms with van der Waals surface area (Å²) in [4.78, 5) is 25.0. The van der Waals surface area contributed by atoms with Crippen LogP contribution < -0.4 is 10.6 Å². The number of nitrogens with one attached hydrogen (secondary N) is 2. The van der Waals surface area contributed by atoms with Crippen molar-refractivity contribution in [3.8, 4) is 6.07 Å². The fourth-order valence-corrected chi connectivity index (χ4v) is 1.97. The Bertz CT molecular complexity index is 591. The maximum absolute atomic E-state index is 12.0. The lowest BCUT2D eigenvalue weighted by atomic mass is 10.1. The Hall–Kier alpha value is -2.55. The van der Waals surface area contributed by atoms with E-state index >= 15 is 0 Å². The molecule has 6 nitrogen and oxygen atoms in total. The van der Waals surface area contributed by atoms with Crippen LogP contribution in [0.2, 0.25) is 0 Å². The smallest absolute Gasteiger partial charge is 0.224 e. The summed E-state index contributed by atoms with van der Waals surface area (Å²) >= 11 is 0. The van der Waals surface area contributed by atoms with Gasteiger partial charge in [-0.3, -0.25) is 9.59 Å². The van der Waals surface area contributed by atoms with Crippen LogP contribution in [-0.4, -0.2) is 37.4 Å². The Labute approximate surface area is 137 Å². The normalized spacial score (nSPS) is 9.83. The summed E-state index contributed by atoms with van der Waals surface area (Å²) < 4.78 is 0. The molecule has 2 amide bonds. The van der Waals surface area contributed by atoms with Crippen molar-refractivity contribution in [1.82, 2.24) is 4.90 Å². The molecule has 0 radical (unpaired) electrons. The SMILES string of the molecule is CCCNc1ccc(C#N)cc1NC(=O)CCCC(=O)N(C)C. The zero-order chi connectivity index (χ0) is 17.2. The first kappa shape index (κ1) is 18.5. The van der Waals surface area contributed by atoms with E-state index in [9.17, 15) is 9.59 Å². The molecular formula is C17H24N4O2. The molecule has 0 spiro atoms. The quantitative estimate of drug-likeness (QED) is 0.772. The third kappa shape index (κ3) is 6.39. The highest BCUT2D eigenvalue weighted by atomic mass is 16.2. The van der Waals surface area contributed by atoms with Gasteiger partial charge in [0.2, 0.25) is 11.8 Å². The number of benzene rings is 1. The minimum atomic E-state index is -0.161. The maximum Gasteiger partial charge on any atom is 0.224 e. The summed E-state index contributed by atoms with van der Waals surface area (Å²) in [6, 6.07) is 7.22. The first-order chi connectivity index (χ1) is 11.0. The van der Waals surface area contributed by atoms with Gasteiger partial charge in [0.05, 0.1) is 23.0 Å². The van der Waals surface area contributed by atoms with Crippen LogP contribution in [0.1, 0.15) is 38.2 Å². The van der Waals surface area contributed by atoms with Crippen molar-refractivity contribution < 1.29 is 9.59 Å². The van der Waals surface area contributed by atoms with E-state index in [0.717, 1.165) is 18.7 Å². The Kier molecular flexibility index (Phi) is 7.61. The monoisotopic (exact) mass is 316 g/mol. The summed E-state index contributed by atoms with van der Waals surface area (Å²) in [7, 11) is 3.39. The molecule has 0 saturated carbocycles. The molecule has 0 bridgehead atoms. The highest BCUT2D eigenvalue weighted by molar-refractivity contribution is 5.94. The topological polar surface area (TPSA) is 85.2 Å². The molecule has 0 unspecified atom stereocenters. The molecule has 0 atom stereocenters. The van der Waals surface area contributed by atoms with Gasteiger partial charge < -0.3 is 15.5 Å². The number of hydrogen-bond acceptors (Lipinski definition) is 4.